The minimum absolute atomic E-state index is 0.374. The normalized spacial score (nSPS) is 11.4. The molecule has 0 unspecified atom stereocenters. The summed E-state index contributed by atoms with van der Waals surface area (Å²) in [6, 6.07) is 10.8. The number of hydrogen-bond donors (Lipinski definition) is 0. The van der Waals surface area contributed by atoms with Gasteiger partial charge in [-0.05, 0) is 35.2 Å². The molecular formula is C15H9ClO2S. The Hall–Kier alpha value is -1.84. The number of fused-ring (bicyclic) bond motifs is 1. The zero-order valence-electron chi connectivity index (χ0n) is 9.80. The van der Waals surface area contributed by atoms with Gasteiger partial charge >= 0.3 is 5.63 Å². The Morgan fingerprint density at radius 3 is 2.84 bits per heavy atom. The Labute approximate surface area is 118 Å². The molecule has 4 heteroatoms. The van der Waals surface area contributed by atoms with Crippen LogP contribution in [-0.4, -0.2) is 0 Å². The standard InChI is InChI=1S/C15H9ClO2S/c16-11-4-6-13-10(3-5-12-2-1-7-19-12)8-15(17)18-14(13)9-11/h1-9H/b5-3+. The highest BCUT2D eigenvalue weighted by atomic mass is 35.5. The Kier molecular flexibility index (Phi) is 3.23. The summed E-state index contributed by atoms with van der Waals surface area (Å²) in [5.41, 5.74) is 0.961. The molecule has 0 spiro atoms. The molecule has 0 atom stereocenters. The molecule has 0 saturated carbocycles. The summed E-state index contributed by atoms with van der Waals surface area (Å²) < 4.78 is 5.15. The molecule has 0 N–H and O–H groups in total. The molecule has 0 aliphatic carbocycles. The molecule has 0 saturated heterocycles. The highest BCUT2D eigenvalue weighted by molar-refractivity contribution is 7.10. The van der Waals surface area contributed by atoms with Crippen LogP contribution in [0.5, 0.6) is 0 Å². The minimum Gasteiger partial charge on any atom is -0.423 e. The smallest absolute Gasteiger partial charge is 0.336 e. The molecule has 94 valence electrons. The highest BCUT2D eigenvalue weighted by Crippen LogP contribution is 2.23. The lowest BCUT2D eigenvalue weighted by molar-refractivity contribution is 0.561. The van der Waals surface area contributed by atoms with Gasteiger partial charge in [0.1, 0.15) is 5.58 Å². The maximum atomic E-state index is 11.5. The lowest BCUT2D eigenvalue weighted by Gasteiger charge is -2.01. The molecule has 0 fully saturated rings. The molecule has 0 radical (unpaired) electrons. The molecule has 0 aliphatic heterocycles. The van der Waals surface area contributed by atoms with Gasteiger partial charge in [-0.25, -0.2) is 4.79 Å². The molecule has 0 bridgehead atoms. The van der Waals surface area contributed by atoms with E-state index >= 15 is 0 Å². The fourth-order valence-corrected chi connectivity index (χ4v) is 2.64. The van der Waals surface area contributed by atoms with E-state index in [0.29, 0.717) is 10.6 Å². The lowest BCUT2D eigenvalue weighted by Crippen LogP contribution is -1.97. The molecule has 2 aromatic heterocycles. The van der Waals surface area contributed by atoms with Gasteiger partial charge < -0.3 is 4.42 Å². The fourth-order valence-electron chi connectivity index (χ4n) is 1.86. The first-order valence-corrected chi connectivity index (χ1v) is 6.93. The summed E-state index contributed by atoms with van der Waals surface area (Å²) in [7, 11) is 0. The molecule has 0 amide bonds. The van der Waals surface area contributed by atoms with Crippen molar-refractivity contribution in [3.63, 3.8) is 0 Å². The second kappa shape index (κ2) is 5.03. The van der Waals surface area contributed by atoms with Crippen LogP contribution in [0.15, 0.2) is 51.0 Å². The maximum absolute atomic E-state index is 11.5. The fraction of sp³-hybridized carbons (Fsp3) is 0. The molecule has 19 heavy (non-hydrogen) atoms. The predicted octanol–water partition coefficient (Wildman–Crippen LogP) is 4.68. The van der Waals surface area contributed by atoms with E-state index in [9.17, 15) is 4.79 Å². The largest absolute Gasteiger partial charge is 0.423 e. The Morgan fingerprint density at radius 1 is 1.16 bits per heavy atom. The van der Waals surface area contributed by atoms with Crippen LogP contribution >= 0.6 is 22.9 Å². The van der Waals surface area contributed by atoms with Crippen LogP contribution in [0.4, 0.5) is 0 Å². The molecular weight excluding hydrogens is 280 g/mol. The van der Waals surface area contributed by atoms with Crippen molar-refractivity contribution in [2.75, 3.05) is 0 Å². The maximum Gasteiger partial charge on any atom is 0.336 e. The molecule has 3 rings (SSSR count). The second-order valence-corrected chi connectivity index (χ2v) is 5.43. The van der Waals surface area contributed by atoms with E-state index in [1.807, 2.05) is 35.7 Å². The van der Waals surface area contributed by atoms with Crippen LogP contribution in [0.2, 0.25) is 5.02 Å². The van der Waals surface area contributed by atoms with Gasteiger partial charge in [-0.15, -0.1) is 11.3 Å². The molecule has 3 aromatic rings. The van der Waals surface area contributed by atoms with Crippen molar-refractivity contribution in [3.8, 4) is 0 Å². The van der Waals surface area contributed by atoms with Crippen LogP contribution in [0, 0.1) is 0 Å². The van der Waals surface area contributed by atoms with Crippen LogP contribution < -0.4 is 5.63 Å². The number of halogens is 1. The van der Waals surface area contributed by atoms with Crippen molar-refractivity contribution in [2.45, 2.75) is 0 Å². The number of benzene rings is 1. The van der Waals surface area contributed by atoms with E-state index in [2.05, 4.69) is 0 Å². The first-order valence-electron chi connectivity index (χ1n) is 5.67. The zero-order valence-corrected chi connectivity index (χ0v) is 11.4. The quantitative estimate of drug-likeness (QED) is 0.641. The van der Waals surface area contributed by atoms with Crippen molar-refractivity contribution in [3.05, 3.63) is 67.7 Å². The average Bonchev–Trinajstić information content (AvgIpc) is 2.88. The predicted molar refractivity (Wildman–Crippen MR) is 80.7 cm³/mol. The summed E-state index contributed by atoms with van der Waals surface area (Å²) >= 11 is 7.55. The van der Waals surface area contributed by atoms with Crippen molar-refractivity contribution in [1.82, 2.24) is 0 Å². The van der Waals surface area contributed by atoms with Crippen LogP contribution in [0.1, 0.15) is 10.4 Å². The van der Waals surface area contributed by atoms with E-state index in [1.54, 1.807) is 23.5 Å². The topological polar surface area (TPSA) is 30.2 Å². The van der Waals surface area contributed by atoms with Crippen molar-refractivity contribution in [2.24, 2.45) is 0 Å². The molecule has 2 heterocycles. The third kappa shape index (κ3) is 2.62. The monoisotopic (exact) mass is 288 g/mol. The Morgan fingerprint density at radius 2 is 2.05 bits per heavy atom. The van der Waals surface area contributed by atoms with Gasteiger partial charge in [-0.1, -0.05) is 23.7 Å². The lowest BCUT2D eigenvalue weighted by atomic mass is 10.1. The number of thiophene rings is 1. The summed E-state index contributed by atoms with van der Waals surface area (Å²) in [4.78, 5) is 12.7. The van der Waals surface area contributed by atoms with Gasteiger partial charge in [0.05, 0.1) is 0 Å². The number of rotatable bonds is 2. The second-order valence-electron chi connectivity index (χ2n) is 4.01. The Balaban J connectivity index is 2.15. The van der Waals surface area contributed by atoms with E-state index < -0.39 is 0 Å². The van der Waals surface area contributed by atoms with Gasteiger partial charge in [0.15, 0.2) is 0 Å². The van der Waals surface area contributed by atoms with Gasteiger partial charge in [0.2, 0.25) is 0 Å². The highest BCUT2D eigenvalue weighted by Gasteiger charge is 2.03. The summed E-state index contributed by atoms with van der Waals surface area (Å²) in [5, 5.41) is 3.43. The molecule has 1 aromatic carbocycles. The van der Waals surface area contributed by atoms with E-state index in [4.69, 9.17) is 16.0 Å². The van der Waals surface area contributed by atoms with Crippen molar-refractivity contribution < 1.29 is 4.42 Å². The molecule has 2 nitrogen and oxygen atoms in total. The summed E-state index contributed by atoms with van der Waals surface area (Å²) in [6.45, 7) is 0. The first kappa shape index (κ1) is 12.2. The van der Waals surface area contributed by atoms with Crippen LogP contribution in [0.3, 0.4) is 0 Å². The number of hydrogen-bond acceptors (Lipinski definition) is 3. The third-order valence-electron chi connectivity index (χ3n) is 2.71. The van der Waals surface area contributed by atoms with Crippen molar-refractivity contribution >= 4 is 46.1 Å². The summed E-state index contributed by atoms with van der Waals surface area (Å²) in [6.07, 6.45) is 3.90. The van der Waals surface area contributed by atoms with E-state index in [0.717, 1.165) is 15.8 Å². The van der Waals surface area contributed by atoms with Gasteiger partial charge in [-0.3, -0.25) is 0 Å². The van der Waals surface area contributed by atoms with E-state index in [-0.39, 0.29) is 5.63 Å². The van der Waals surface area contributed by atoms with Gasteiger partial charge in [-0.2, -0.15) is 0 Å². The Bertz CT molecular complexity index is 801. The summed E-state index contributed by atoms with van der Waals surface area (Å²) in [5.74, 6) is 0. The van der Waals surface area contributed by atoms with E-state index in [1.165, 1.54) is 6.07 Å². The van der Waals surface area contributed by atoms with Crippen molar-refractivity contribution in [1.29, 1.82) is 0 Å². The van der Waals surface area contributed by atoms with Gasteiger partial charge in [0, 0.05) is 27.4 Å². The van der Waals surface area contributed by atoms with Gasteiger partial charge in [0.25, 0.3) is 0 Å². The zero-order chi connectivity index (χ0) is 13.2. The average molecular weight is 289 g/mol. The third-order valence-corrected chi connectivity index (χ3v) is 3.78. The molecule has 0 aliphatic rings. The van der Waals surface area contributed by atoms with Crippen LogP contribution in [-0.2, 0) is 0 Å². The minimum atomic E-state index is -0.374. The van der Waals surface area contributed by atoms with Crippen LogP contribution in [0.25, 0.3) is 23.1 Å². The SMILES string of the molecule is O=c1cc(/C=C/c2cccs2)c2ccc(Cl)cc2o1. The first-order chi connectivity index (χ1) is 9.22.